The van der Waals surface area contributed by atoms with Crippen molar-refractivity contribution in [2.24, 2.45) is 0 Å². The van der Waals surface area contributed by atoms with Gasteiger partial charge in [-0.3, -0.25) is 0 Å². The zero-order valence-electron chi connectivity index (χ0n) is 31.4. The molecule has 0 amide bonds. The second kappa shape index (κ2) is 11.1. The maximum Gasteiger partial charge on any atom is 0.137 e. The van der Waals surface area contributed by atoms with Crippen LogP contribution in [-0.2, 0) is 10.8 Å². The summed E-state index contributed by atoms with van der Waals surface area (Å²) in [5.74, 6) is 0. The highest BCUT2D eigenvalue weighted by Gasteiger charge is 2.43. The summed E-state index contributed by atoms with van der Waals surface area (Å²) >= 11 is 0. The topological polar surface area (TPSA) is 29.5 Å². The van der Waals surface area contributed by atoms with Crippen LogP contribution in [0.3, 0.4) is 0 Å². The van der Waals surface area contributed by atoms with Crippen molar-refractivity contribution in [2.45, 2.75) is 31.6 Å². The first-order valence-electron chi connectivity index (χ1n) is 19.5. The summed E-state index contributed by atoms with van der Waals surface area (Å²) in [7, 11) is 0. The van der Waals surface area contributed by atoms with Gasteiger partial charge in [-0.1, -0.05) is 123 Å². The summed E-state index contributed by atoms with van der Waals surface area (Å²) in [6.07, 6.45) is 0. The highest BCUT2D eigenvalue weighted by molar-refractivity contribution is 6.08. The van der Waals surface area contributed by atoms with Crippen LogP contribution in [0.15, 0.2) is 179 Å². The highest BCUT2D eigenvalue weighted by Crippen LogP contribution is 2.56. The van der Waals surface area contributed by atoms with Crippen LogP contribution in [0.25, 0.3) is 66.1 Å². The zero-order chi connectivity index (χ0) is 37.3. The molecule has 0 saturated carbocycles. The van der Waals surface area contributed by atoms with Crippen LogP contribution in [0.5, 0.6) is 0 Å². The Morgan fingerprint density at radius 1 is 0.357 bits per heavy atom. The third-order valence-corrected chi connectivity index (χ3v) is 13.0. The Morgan fingerprint density at radius 2 is 0.786 bits per heavy atom. The van der Waals surface area contributed by atoms with Gasteiger partial charge in [-0.15, -0.1) is 0 Å². The SMILES string of the molecule is CC1(C)c2cc(N(c3ccc4c(c3)oc3ccccc34)c3ccc4c(c3)oc3ccccc34)ccc2-c2ccc(C3(C)c4ccccc4-c4ccccc43)cc21. The lowest BCUT2D eigenvalue weighted by Crippen LogP contribution is -2.24. The van der Waals surface area contributed by atoms with Crippen molar-refractivity contribution in [1.29, 1.82) is 0 Å². The van der Waals surface area contributed by atoms with Gasteiger partial charge < -0.3 is 13.7 Å². The average molecular weight is 720 g/mol. The van der Waals surface area contributed by atoms with Gasteiger partial charge in [-0.2, -0.15) is 0 Å². The van der Waals surface area contributed by atoms with Gasteiger partial charge in [0.25, 0.3) is 0 Å². The summed E-state index contributed by atoms with van der Waals surface area (Å²) in [5.41, 5.74) is 18.2. The van der Waals surface area contributed by atoms with Crippen molar-refractivity contribution in [3.8, 4) is 22.3 Å². The third-order valence-electron chi connectivity index (χ3n) is 13.0. The molecule has 2 aliphatic carbocycles. The van der Waals surface area contributed by atoms with Crippen molar-refractivity contribution in [2.75, 3.05) is 4.90 Å². The predicted molar refractivity (Wildman–Crippen MR) is 231 cm³/mol. The van der Waals surface area contributed by atoms with E-state index < -0.39 is 0 Å². The zero-order valence-corrected chi connectivity index (χ0v) is 31.4. The molecule has 0 saturated heterocycles. The van der Waals surface area contributed by atoms with E-state index in [9.17, 15) is 0 Å². The van der Waals surface area contributed by atoms with Gasteiger partial charge in [0, 0.05) is 61.6 Å². The number of para-hydroxylation sites is 2. The number of rotatable bonds is 4. The fourth-order valence-electron chi connectivity index (χ4n) is 10.1. The van der Waals surface area contributed by atoms with Crippen LogP contribution in [0.4, 0.5) is 17.1 Å². The molecule has 0 unspecified atom stereocenters. The number of fused-ring (bicyclic) bond motifs is 12. The maximum atomic E-state index is 6.43. The summed E-state index contributed by atoms with van der Waals surface area (Å²) in [5, 5.41) is 4.47. The summed E-state index contributed by atoms with van der Waals surface area (Å²) in [6.45, 7) is 7.17. The van der Waals surface area contributed by atoms with E-state index in [-0.39, 0.29) is 10.8 Å². The summed E-state index contributed by atoms with van der Waals surface area (Å²) in [6, 6.07) is 61.8. The number of anilines is 3. The first kappa shape index (κ1) is 31.5. The number of hydrogen-bond donors (Lipinski definition) is 0. The molecular weight excluding hydrogens is 683 g/mol. The van der Waals surface area contributed by atoms with Crippen molar-refractivity contribution in [3.05, 3.63) is 198 Å². The van der Waals surface area contributed by atoms with E-state index in [0.29, 0.717) is 0 Å². The van der Waals surface area contributed by atoms with E-state index in [0.717, 1.165) is 60.9 Å². The molecule has 10 aromatic rings. The monoisotopic (exact) mass is 719 g/mol. The summed E-state index contributed by atoms with van der Waals surface area (Å²) < 4.78 is 12.9. The number of nitrogens with zero attached hydrogens (tertiary/aromatic N) is 1. The van der Waals surface area contributed by atoms with E-state index >= 15 is 0 Å². The molecule has 8 aromatic carbocycles. The number of furan rings is 2. The minimum atomic E-state index is -0.250. The molecule has 56 heavy (non-hydrogen) atoms. The lowest BCUT2D eigenvalue weighted by atomic mass is 9.72. The lowest BCUT2D eigenvalue weighted by molar-refractivity contribution is 0.652. The van der Waals surface area contributed by atoms with Crippen LogP contribution in [0.1, 0.15) is 48.6 Å². The quantitative estimate of drug-likeness (QED) is 0.181. The molecule has 0 spiro atoms. The van der Waals surface area contributed by atoms with Crippen LogP contribution >= 0.6 is 0 Å². The molecule has 2 aliphatic rings. The first-order chi connectivity index (χ1) is 27.4. The second-order valence-electron chi connectivity index (χ2n) is 16.2. The molecule has 0 bridgehead atoms. The lowest BCUT2D eigenvalue weighted by Gasteiger charge is -2.30. The number of hydrogen-bond acceptors (Lipinski definition) is 3. The van der Waals surface area contributed by atoms with E-state index in [4.69, 9.17) is 8.83 Å². The molecule has 3 nitrogen and oxygen atoms in total. The van der Waals surface area contributed by atoms with Gasteiger partial charge in [0.2, 0.25) is 0 Å². The van der Waals surface area contributed by atoms with Gasteiger partial charge in [-0.25, -0.2) is 0 Å². The van der Waals surface area contributed by atoms with Crippen molar-refractivity contribution in [3.63, 3.8) is 0 Å². The minimum Gasteiger partial charge on any atom is -0.456 e. The molecule has 0 atom stereocenters. The van der Waals surface area contributed by atoms with Crippen LogP contribution in [0, 0.1) is 0 Å². The Labute approximate surface area is 325 Å². The molecule has 0 radical (unpaired) electrons. The van der Waals surface area contributed by atoms with Gasteiger partial charge >= 0.3 is 0 Å². The van der Waals surface area contributed by atoms with E-state index in [1.54, 1.807) is 0 Å². The third kappa shape index (κ3) is 4.17. The standard InChI is InChI=1S/C53H37NO2/c1-52(2)46-28-32(53(3)44-16-8-4-12-36(44)37-13-5-9-17-45(37)53)20-24-38(46)39-25-21-33(29-47(39)52)54(34-22-26-42-40-14-6-10-18-48(40)55-50(42)30-34)35-23-27-43-41-15-7-11-19-49(41)56-51(43)31-35/h4-31H,1-3H3. The van der Waals surface area contributed by atoms with Crippen molar-refractivity contribution >= 4 is 60.9 Å². The molecule has 2 heterocycles. The molecule has 266 valence electrons. The van der Waals surface area contributed by atoms with Crippen LogP contribution < -0.4 is 4.90 Å². The largest absolute Gasteiger partial charge is 0.456 e. The molecule has 0 N–H and O–H groups in total. The van der Waals surface area contributed by atoms with Gasteiger partial charge in [0.15, 0.2) is 0 Å². The first-order valence-corrected chi connectivity index (χ1v) is 19.5. The molecule has 0 fully saturated rings. The van der Waals surface area contributed by atoms with E-state index in [1.165, 1.54) is 50.1 Å². The second-order valence-corrected chi connectivity index (χ2v) is 16.2. The summed E-state index contributed by atoms with van der Waals surface area (Å²) in [4.78, 5) is 2.34. The molecule has 3 heteroatoms. The van der Waals surface area contributed by atoms with E-state index in [1.807, 2.05) is 24.3 Å². The smallest absolute Gasteiger partial charge is 0.137 e. The van der Waals surface area contributed by atoms with Gasteiger partial charge in [-0.05, 0) is 106 Å². The average Bonchev–Trinajstić information content (AvgIpc) is 3.94. The van der Waals surface area contributed by atoms with Crippen LogP contribution in [-0.4, -0.2) is 0 Å². The Bertz CT molecular complexity index is 3110. The molecular formula is C53H37NO2. The van der Waals surface area contributed by atoms with Crippen LogP contribution in [0.2, 0.25) is 0 Å². The van der Waals surface area contributed by atoms with Gasteiger partial charge in [0.05, 0.1) is 0 Å². The predicted octanol–water partition coefficient (Wildman–Crippen LogP) is 14.6. The van der Waals surface area contributed by atoms with Gasteiger partial charge in [0.1, 0.15) is 22.3 Å². The van der Waals surface area contributed by atoms with Crippen molar-refractivity contribution in [1.82, 2.24) is 0 Å². The minimum absolute atomic E-state index is 0.234. The molecule has 2 aromatic heterocycles. The van der Waals surface area contributed by atoms with E-state index in [2.05, 4.69) is 171 Å². The fourth-order valence-corrected chi connectivity index (χ4v) is 10.1. The Morgan fingerprint density at radius 3 is 1.38 bits per heavy atom. The molecule has 0 aliphatic heterocycles. The Balaban J connectivity index is 1.02. The Hall–Kier alpha value is -6.84. The highest BCUT2D eigenvalue weighted by atomic mass is 16.3. The van der Waals surface area contributed by atoms with Crippen molar-refractivity contribution < 1.29 is 8.83 Å². The molecule has 12 rings (SSSR count). The maximum absolute atomic E-state index is 6.43. The Kier molecular flexibility index (Phi) is 6.25. The number of benzene rings is 8. The normalized spacial score (nSPS) is 14.6. The fraction of sp³-hybridized carbons (Fsp3) is 0.0943.